The van der Waals surface area contributed by atoms with E-state index in [9.17, 15) is 4.39 Å². The van der Waals surface area contributed by atoms with E-state index in [1.54, 1.807) is 12.1 Å². The lowest BCUT2D eigenvalue weighted by Gasteiger charge is -2.16. The molecule has 0 aromatic heterocycles. The Balaban J connectivity index is 1.97. The molecule has 0 aliphatic heterocycles. The van der Waals surface area contributed by atoms with Gasteiger partial charge in [0.15, 0.2) is 11.6 Å². The number of hydrogen-bond donors (Lipinski definition) is 0. The van der Waals surface area contributed by atoms with Crippen molar-refractivity contribution in [1.82, 2.24) is 0 Å². The van der Waals surface area contributed by atoms with Crippen molar-refractivity contribution in [1.29, 1.82) is 0 Å². The minimum absolute atomic E-state index is 0.273. The van der Waals surface area contributed by atoms with Gasteiger partial charge in [-0.15, -0.1) is 0 Å². The van der Waals surface area contributed by atoms with Crippen molar-refractivity contribution in [3.8, 4) is 16.9 Å². The van der Waals surface area contributed by atoms with Gasteiger partial charge in [0.2, 0.25) is 0 Å². The molecular weight excluding hydrogens is 335 g/mol. The first-order chi connectivity index (χ1) is 13.2. The third-order valence-corrected chi connectivity index (χ3v) is 5.31. The minimum atomic E-state index is -0.273. The highest BCUT2D eigenvalue weighted by atomic mass is 19.1. The maximum absolute atomic E-state index is 14.5. The molecule has 0 spiro atoms. The van der Waals surface area contributed by atoms with E-state index in [1.165, 1.54) is 37.7 Å². The molecule has 0 bridgehead atoms. The lowest BCUT2D eigenvalue weighted by molar-refractivity contribution is 0.225. The number of benzene rings is 2. The number of halogens is 1. The topological polar surface area (TPSA) is 9.23 Å². The van der Waals surface area contributed by atoms with Crippen molar-refractivity contribution in [3.05, 3.63) is 53.8 Å². The smallest absolute Gasteiger partial charge is 0.165 e. The lowest BCUT2D eigenvalue weighted by atomic mass is 10.0. The summed E-state index contributed by atoms with van der Waals surface area (Å²) in [5.41, 5.74) is 3.30. The van der Waals surface area contributed by atoms with Crippen LogP contribution < -0.4 is 4.74 Å². The summed E-state index contributed by atoms with van der Waals surface area (Å²) in [6.07, 6.45) is 9.48. The van der Waals surface area contributed by atoms with E-state index in [0.717, 1.165) is 30.4 Å². The first-order valence-corrected chi connectivity index (χ1v) is 10.7. The Hall–Kier alpha value is -1.83. The molecular formula is C25H35FO. The fourth-order valence-corrected chi connectivity index (χ4v) is 3.35. The van der Waals surface area contributed by atoms with Crippen LogP contribution in [0.5, 0.6) is 5.75 Å². The second-order valence-electron chi connectivity index (χ2n) is 7.53. The first kappa shape index (κ1) is 21.5. The van der Waals surface area contributed by atoms with E-state index >= 15 is 0 Å². The van der Waals surface area contributed by atoms with Crippen LogP contribution in [0.1, 0.15) is 71.3 Å². The van der Waals surface area contributed by atoms with Gasteiger partial charge >= 0.3 is 0 Å². The third kappa shape index (κ3) is 7.01. The molecule has 0 aliphatic rings. The average Bonchev–Trinajstić information content (AvgIpc) is 2.70. The number of aryl methyl sites for hydroxylation is 1. The Morgan fingerprint density at radius 2 is 1.56 bits per heavy atom. The van der Waals surface area contributed by atoms with Crippen molar-refractivity contribution >= 4 is 0 Å². The van der Waals surface area contributed by atoms with Gasteiger partial charge in [0.05, 0.1) is 6.61 Å². The zero-order valence-electron chi connectivity index (χ0n) is 17.3. The zero-order chi connectivity index (χ0) is 19.5. The molecule has 0 N–H and O–H groups in total. The zero-order valence-corrected chi connectivity index (χ0v) is 17.3. The molecule has 1 unspecified atom stereocenters. The Morgan fingerprint density at radius 3 is 2.19 bits per heavy atom. The average molecular weight is 371 g/mol. The summed E-state index contributed by atoms with van der Waals surface area (Å²) in [7, 11) is 0. The highest BCUT2D eigenvalue weighted by molar-refractivity contribution is 5.64. The predicted molar refractivity (Wildman–Crippen MR) is 114 cm³/mol. The summed E-state index contributed by atoms with van der Waals surface area (Å²) in [6.45, 7) is 7.19. The Labute approximate surface area is 165 Å². The van der Waals surface area contributed by atoms with Crippen LogP contribution in [0.4, 0.5) is 4.39 Å². The lowest BCUT2D eigenvalue weighted by Crippen LogP contribution is -2.12. The number of hydrogen-bond acceptors (Lipinski definition) is 1. The summed E-state index contributed by atoms with van der Waals surface area (Å²) >= 11 is 0. The minimum Gasteiger partial charge on any atom is -0.490 e. The van der Waals surface area contributed by atoms with Crippen LogP contribution in [0.15, 0.2) is 42.5 Å². The van der Waals surface area contributed by atoms with Gasteiger partial charge in [-0.25, -0.2) is 4.39 Å². The van der Waals surface area contributed by atoms with Crippen molar-refractivity contribution in [2.75, 3.05) is 6.61 Å². The third-order valence-electron chi connectivity index (χ3n) is 5.31. The summed E-state index contributed by atoms with van der Waals surface area (Å²) in [6, 6.07) is 13.8. The maximum atomic E-state index is 14.5. The van der Waals surface area contributed by atoms with Gasteiger partial charge < -0.3 is 4.74 Å². The molecule has 148 valence electrons. The molecule has 0 aliphatic carbocycles. The number of ether oxygens (including phenoxy) is 1. The molecule has 0 saturated carbocycles. The number of unbranched alkanes of at least 4 members (excludes halogenated alkanes) is 3. The largest absolute Gasteiger partial charge is 0.490 e. The van der Waals surface area contributed by atoms with Gasteiger partial charge in [-0.2, -0.15) is 0 Å². The van der Waals surface area contributed by atoms with Crippen molar-refractivity contribution in [2.45, 2.75) is 72.1 Å². The van der Waals surface area contributed by atoms with Crippen LogP contribution in [-0.2, 0) is 6.42 Å². The van der Waals surface area contributed by atoms with E-state index in [4.69, 9.17) is 4.74 Å². The molecule has 1 atom stereocenters. The summed E-state index contributed by atoms with van der Waals surface area (Å²) < 4.78 is 20.3. The second kappa shape index (κ2) is 11.8. The summed E-state index contributed by atoms with van der Waals surface area (Å²) in [4.78, 5) is 0. The second-order valence-corrected chi connectivity index (χ2v) is 7.53. The van der Waals surface area contributed by atoms with Gasteiger partial charge in [0, 0.05) is 0 Å². The van der Waals surface area contributed by atoms with Crippen LogP contribution in [0.3, 0.4) is 0 Å². The fraction of sp³-hybridized carbons (Fsp3) is 0.520. The highest BCUT2D eigenvalue weighted by Gasteiger charge is 2.11. The predicted octanol–water partition coefficient (Wildman–Crippen LogP) is 7.82. The van der Waals surface area contributed by atoms with Gasteiger partial charge in [0.1, 0.15) is 0 Å². The molecule has 27 heavy (non-hydrogen) atoms. The molecule has 0 saturated heterocycles. The highest BCUT2D eigenvalue weighted by Crippen LogP contribution is 2.27. The van der Waals surface area contributed by atoms with Crippen LogP contribution in [0.2, 0.25) is 0 Å². The fourth-order valence-electron chi connectivity index (χ4n) is 3.35. The van der Waals surface area contributed by atoms with Crippen molar-refractivity contribution < 1.29 is 9.13 Å². The maximum Gasteiger partial charge on any atom is 0.165 e. The van der Waals surface area contributed by atoms with Gasteiger partial charge in [-0.05, 0) is 54.0 Å². The Bertz CT molecular complexity index is 663. The van der Waals surface area contributed by atoms with Crippen LogP contribution in [0.25, 0.3) is 11.1 Å². The van der Waals surface area contributed by atoms with Crippen LogP contribution in [-0.4, -0.2) is 6.61 Å². The van der Waals surface area contributed by atoms with E-state index in [2.05, 4.69) is 45.0 Å². The molecule has 2 aromatic carbocycles. The number of rotatable bonds is 12. The van der Waals surface area contributed by atoms with Crippen LogP contribution in [0, 0.1) is 11.7 Å². The summed E-state index contributed by atoms with van der Waals surface area (Å²) in [5, 5.41) is 0. The monoisotopic (exact) mass is 370 g/mol. The van der Waals surface area contributed by atoms with E-state index in [-0.39, 0.29) is 5.82 Å². The standard InChI is InChI=1S/C25H35FO/c1-4-7-9-11-21-12-14-22(15-13-21)23-16-17-25(24(26)18-23)27-19-20(6-3)10-8-5-2/h12-18,20H,4-11,19H2,1-3H3. The molecule has 0 heterocycles. The van der Waals surface area contributed by atoms with Gasteiger partial charge in [0.25, 0.3) is 0 Å². The van der Waals surface area contributed by atoms with Crippen molar-refractivity contribution in [2.24, 2.45) is 5.92 Å². The van der Waals surface area contributed by atoms with E-state index < -0.39 is 0 Å². The SMILES string of the molecule is CCCCCc1ccc(-c2ccc(OCC(CC)CCCC)c(F)c2)cc1. The molecule has 2 heteroatoms. The molecule has 1 nitrogen and oxygen atoms in total. The van der Waals surface area contributed by atoms with Gasteiger partial charge in [-0.1, -0.05) is 83.2 Å². The van der Waals surface area contributed by atoms with Crippen molar-refractivity contribution in [3.63, 3.8) is 0 Å². The summed E-state index contributed by atoms with van der Waals surface area (Å²) in [5.74, 6) is 0.596. The quantitative estimate of drug-likeness (QED) is 0.346. The van der Waals surface area contributed by atoms with E-state index in [0.29, 0.717) is 18.3 Å². The molecule has 2 rings (SSSR count). The molecule has 0 amide bonds. The molecule has 0 fully saturated rings. The Kier molecular flexibility index (Phi) is 9.38. The molecule has 0 radical (unpaired) electrons. The van der Waals surface area contributed by atoms with Gasteiger partial charge in [-0.3, -0.25) is 0 Å². The first-order valence-electron chi connectivity index (χ1n) is 10.7. The Morgan fingerprint density at radius 1 is 0.852 bits per heavy atom. The normalized spacial score (nSPS) is 12.1. The van der Waals surface area contributed by atoms with Crippen LogP contribution >= 0.6 is 0 Å². The van der Waals surface area contributed by atoms with E-state index in [1.807, 2.05) is 6.07 Å². The molecule has 2 aromatic rings.